The summed E-state index contributed by atoms with van der Waals surface area (Å²) in [7, 11) is -3.57. The molecule has 8 nitrogen and oxygen atoms in total. The number of rotatable bonds is 5. The van der Waals surface area contributed by atoms with Gasteiger partial charge in [0.15, 0.2) is 0 Å². The molecule has 2 aliphatic rings. The number of anilines is 1. The molecule has 2 aromatic heterocycles. The average molecular weight is 475 g/mol. The van der Waals surface area contributed by atoms with Gasteiger partial charge in [0.1, 0.15) is 16.1 Å². The second kappa shape index (κ2) is 8.58. The summed E-state index contributed by atoms with van der Waals surface area (Å²) in [5.74, 6) is 0.267. The molecule has 3 aromatic rings. The number of aryl methyl sites for hydroxylation is 1. The number of piperidine rings is 1. The van der Waals surface area contributed by atoms with Crippen LogP contribution in [0.2, 0.25) is 0 Å². The van der Waals surface area contributed by atoms with E-state index in [1.807, 2.05) is 31.2 Å². The summed E-state index contributed by atoms with van der Waals surface area (Å²) < 4.78 is 33.4. The maximum Gasteiger partial charge on any atom is 0.252 e. The van der Waals surface area contributed by atoms with Crippen LogP contribution in [0.25, 0.3) is 11.0 Å². The minimum atomic E-state index is -3.57. The van der Waals surface area contributed by atoms with Crippen molar-refractivity contribution < 1.29 is 17.9 Å². The molecule has 32 heavy (non-hydrogen) atoms. The summed E-state index contributed by atoms with van der Waals surface area (Å²) in [6.07, 6.45) is 3.31. The number of hydrogen-bond acceptors (Lipinski definition) is 6. The van der Waals surface area contributed by atoms with Crippen LogP contribution >= 0.6 is 11.3 Å². The summed E-state index contributed by atoms with van der Waals surface area (Å²) in [4.78, 5) is 21.8. The molecular formula is C22H26N4O4S2. The minimum Gasteiger partial charge on any atom is -0.370 e. The van der Waals surface area contributed by atoms with Crippen molar-refractivity contribution in [1.82, 2.24) is 14.3 Å². The number of carbonyl (C=O) groups is 1. The number of fused-ring (bicyclic) bond motifs is 1. The first-order valence-electron chi connectivity index (χ1n) is 10.9. The third kappa shape index (κ3) is 4.19. The number of aromatic amines is 1. The van der Waals surface area contributed by atoms with Gasteiger partial charge in [-0.05, 0) is 62.9 Å². The van der Waals surface area contributed by atoms with E-state index in [-0.39, 0.29) is 24.5 Å². The highest BCUT2D eigenvalue weighted by Crippen LogP contribution is 2.30. The van der Waals surface area contributed by atoms with Crippen molar-refractivity contribution in [2.45, 2.75) is 42.9 Å². The van der Waals surface area contributed by atoms with Crippen molar-refractivity contribution in [3.05, 3.63) is 41.0 Å². The van der Waals surface area contributed by atoms with Gasteiger partial charge < -0.3 is 15.0 Å². The van der Waals surface area contributed by atoms with E-state index in [1.165, 1.54) is 15.6 Å². The van der Waals surface area contributed by atoms with Crippen LogP contribution in [0.15, 0.2) is 34.5 Å². The van der Waals surface area contributed by atoms with Gasteiger partial charge in [0.2, 0.25) is 5.91 Å². The van der Waals surface area contributed by atoms with E-state index in [1.54, 1.807) is 6.07 Å². The Bertz CT molecular complexity index is 1240. The number of hydrogen-bond donors (Lipinski definition) is 2. The van der Waals surface area contributed by atoms with Crippen LogP contribution < -0.4 is 5.32 Å². The Morgan fingerprint density at radius 2 is 2.12 bits per heavy atom. The molecule has 2 N–H and O–H groups in total. The smallest absolute Gasteiger partial charge is 0.252 e. The lowest BCUT2D eigenvalue weighted by Crippen LogP contribution is -2.43. The molecule has 2 fully saturated rings. The molecule has 0 bridgehead atoms. The van der Waals surface area contributed by atoms with E-state index < -0.39 is 10.0 Å². The van der Waals surface area contributed by atoms with Crippen molar-refractivity contribution in [2.75, 3.05) is 25.0 Å². The first-order chi connectivity index (χ1) is 15.4. The third-order valence-corrected chi connectivity index (χ3v) is 9.40. The van der Waals surface area contributed by atoms with Crippen LogP contribution in [-0.2, 0) is 19.6 Å². The fourth-order valence-corrected chi connectivity index (χ4v) is 7.31. The number of imidazole rings is 1. The average Bonchev–Trinajstić information content (AvgIpc) is 3.54. The molecule has 4 heterocycles. The van der Waals surface area contributed by atoms with E-state index in [9.17, 15) is 13.2 Å². The highest BCUT2D eigenvalue weighted by Gasteiger charge is 2.34. The summed E-state index contributed by atoms with van der Waals surface area (Å²) in [6, 6.07) is 9.01. The number of benzene rings is 1. The Morgan fingerprint density at radius 1 is 1.25 bits per heavy atom. The fourth-order valence-electron chi connectivity index (χ4n) is 4.35. The minimum absolute atomic E-state index is 0.00254. The van der Waals surface area contributed by atoms with Crippen molar-refractivity contribution in [3.63, 3.8) is 0 Å². The van der Waals surface area contributed by atoms with E-state index in [0.29, 0.717) is 29.3 Å². The van der Waals surface area contributed by atoms with Gasteiger partial charge in [-0.15, -0.1) is 11.3 Å². The Labute approximate surface area is 191 Å². The molecular weight excluding hydrogens is 448 g/mol. The summed E-state index contributed by atoms with van der Waals surface area (Å²) in [5.41, 5.74) is 2.34. The summed E-state index contributed by atoms with van der Waals surface area (Å²) in [5, 5.41) is 2.96. The topological polar surface area (TPSA) is 104 Å². The van der Waals surface area contributed by atoms with E-state index in [4.69, 9.17) is 4.74 Å². The van der Waals surface area contributed by atoms with E-state index >= 15 is 0 Å². The SMILES string of the molecule is Cc1ccc(S(=O)(=O)N2CCC[C@H](C(=O)Nc3ccc4nc([C@H]5CCCO5)[nH]c4c3)C2)s1. The first-order valence-corrected chi connectivity index (χ1v) is 13.1. The number of nitrogens with zero attached hydrogens (tertiary/aromatic N) is 2. The molecule has 0 saturated carbocycles. The number of carbonyl (C=O) groups excluding carboxylic acids is 1. The monoisotopic (exact) mass is 474 g/mol. The number of ether oxygens (including phenoxy) is 1. The Hall–Kier alpha value is -2.27. The number of thiophene rings is 1. The van der Waals surface area contributed by atoms with Crippen molar-refractivity contribution >= 4 is 44.0 Å². The molecule has 2 aliphatic heterocycles. The Morgan fingerprint density at radius 3 is 2.88 bits per heavy atom. The Balaban J connectivity index is 1.28. The van der Waals surface area contributed by atoms with Crippen molar-refractivity contribution in [2.24, 2.45) is 5.92 Å². The summed E-state index contributed by atoms with van der Waals surface area (Å²) >= 11 is 1.26. The molecule has 1 aromatic carbocycles. The first kappa shape index (κ1) is 21.6. The number of H-pyrrole nitrogens is 1. The van der Waals surface area contributed by atoms with Crippen LogP contribution in [0, 0.1) is 12.8 Å². The van der Waals surface area contributed by atoms with Crippen molar-refractivity contribution in [1.29, 1.82) is 0 Å². The zero-order valence-electron chi connectivity index (χ0n) is 17.8. The van der Waals surface area contributed by atoms with Gasteiger partial charge in [-0.1, -0.05) is 0 Å². The van der Waals surface area contributed by atoms with Crippen LogP contribution in [0.3, 0.4) is 0 Å². The van der Waals surface area contributed by atoms with Crippen LogP contribution in [0.5, 0.6) is 0 Å². The molecule has 10 heteroatoms. The van der Waals surface area contributed by atoms with Gasteiger partial charge >= 0.3 is 0 Å². The molecule has 170 valence electrons. The number of amides is 1. The number of aromatic nitrogens is 2. The third-order valence-electron chi connectivity index (χ3n) is 6.07. The molecule has 0 spiro atoms. The van der Waals surface area contributed by atoms with Gasteiger partial charge in [-0.25, -0.2) is 13.4 Å². The fraction of sp³-hybridized carbons (Fsp3) is 0.455. The van der Waals surface area contributed by atoms with Gasteiger partial charge in [-0.3, -0.25) is 4.79 Å². The number of nitrogens with one attached hydrogen (secondary N) is 2. The molecule has 2 saturated heterocycles. The lowest BCUT2D eigenvalue weighted by Gasteiger charge is -2.30. The van der Waals surface area contributed by atoms with Gasteiger partial charge in [0.25, 0.3) is 10.0 Å². The lowest BCUT2D eigenvalue weighted by atomic mass is 9.98. The standard InChI is InChI=1S/C22H26N4O4S2/c1-14-6-9-20(31-14)32(28,29)26-10-2-4-15(13-26)22(27)23-16-7-8-17-18(12-16)25-21(24-17)19-5-3-11-30-19/h6-9,12,15,19H,2-5,10-11,13H2,1H3,(H,23,27)(H,24,25)/t15-,19+/m0/s1. The lowest BCUT2D eigenvalue weighted by molar-refractivity contribution is -0.120. The van der Waals surface area contributed by atoms with Gasteiger partial charge in [-0.2, -0.15) is 4.31 Å². The van der Waals surface area contributed by atoms with Gasteiger partial charge in [0.05, 0.1) is 17.0 Å². The Kier molecular flexibility index (Phi) is 5.79. The quantitative estimate of drug-likeness (QED) is 0.585. The molecule has 0 unspecified atom stereocenters. The van der Waals surface area contributed by atoms with Crippen LogP contribution in [0.4, 0.5) is 5.69 Å². The molecule has 1 amide bonds. The highest BCUT2D eigenvalue weighted by molar-refractivity contribution is 7.91. The predicted molar refractivity (Wildman–Crippen MR) is 123 cm³/mol. The maximum absolute atomic E-state index is 13.0. The van der Waals surface area contributed by atoms with E-state index in [0.717, 1.165) is 41.2 Å². The second-order valence-corrected chi connectivity index (χ2v) is 11.9. The zero-order valence-corrected chi connectivity index (χ0v) is 19.5. The van der Waals surface area contributed by atoms with Crippen LogP contribution in [-0.4, -0.2) is 48.3 Å². The molecule has 0 radical (unpaired) electrons. The normalized spacial score (nSPS) is 22.4. The van der Waals surface area contributed by atoms with Gasteiger partial charge in [0, 0.05) is 30.3 Å². The highest BCUT2D eigenvalue weighted by atomic mass is 32.2. The number of sulfonamides is 1. The van der Waals surface area contributed by atoms with Crippen molar-refractivity contribution in [3.8, 4) is 0 Å². The second-order valence-electron chi connectivity index (χ2n) is 8.41. The van der Waals surface area contributed by atoms with E-state index in [2.05, 4.69) is 15.3 Å². The summed E-state index contributed by atoms with van der Waals surface area (Å²) in [6.45, 7) is 3.27. The maximum atomic E-state index is 13.0. The molecule has 0 aliphatic carbocycles. The largest absolute Gasteiger partial charge is 0.370 e. The van der Waals surface area contributed by atoms with Crippen LogP contribution in [0.1, 0.15) is 42.5 Å². The molecule has 5 rings (SSSR count). The molecule has 2 atom stereocenters. The zero-order chi connectivity index (χ0) is 22.3. The predicted octanol–water partition coefficient (Wildman–Crippen LogP) is 3.82.